The van der Waals surface area contributed by atoms with Crippen molar-refractivity contribution < 1.29 is 14.6 Å². The largest absolute Gasteiger partial charge is 0.393 e. The molecule has 3 heteroatoms. The van der Waals surface area contributed by atoms with Gasteiger partial charge in [0.05, 0.1) is 19.3 Å². The van der Waals surface area contributed by atoms with Crippen LogP contribution in [0.5, 0.6) is 0 Å². The summed E-state index contributed by atoms with van der Waals surface area (Å²) in [5.41, 5.74) is 0. The van der Waals surface area contributed by atoms with Crippen LogP contribution in [0.1, 0.15) is 0 Å². The predicted molar refractivity (Wildman–Crippen MR) is 48.6 cm³/mol. The number of aliphatic hydroxyl groups excluding tert-OH is 1. The van der Waals surface area contributed by atoms with Gasteiger partial charge in [-0.15, -0.1) is 0 Å². The molecule has 1 spiro atoms. The molecule has 6 aliphatic carbocycles. The molecule has 0 aromatic carbocycles. The molecule has 0 aromatic heterocycles. The first-order valence-electron chi connectivity index (χ1n) is 6.32. The zero-order valence-electron chi connectivity index (χ0n) is 8.37. The van der Waals surface area contributed by atoms with Gasteiger partial charge < -0.3 is 14.6 Å². The Labute approximate surface area is 87.7 Å². The topological polar surface area (TPSA) is 38.7 Å². The van der Waals surface area contributed by atoms with Crippen molar-refractivity contribution in [2.45, 2.75) is 11.9 Å². The van der Waals surface area contributed by atoms with E-state index >= 15 is 0 Å². The van der Waals surface area contributed by atoms with E-state index in [9.17, 15) is 5.11 Å². The Morgan fingerprint density at radius 2 is 1.40 bits per heavy atom. The number of hydrogen-bond acceptors (Lipinski definition) is 3. The van der Waals surface area contributed by atoms with Gasteiger partial charge in [-0.3, -0.25) is 0 Å². The molecule has 7 fully saturated rings. The first-order valence-corrected chi connectivity index (χ1v) is 6.32. The van der Waals surface area contributed by atoms with Crippen LogP contribution in [0.15, 0.2) is 0 Å². The second kappa shape index (κ2) is 1.69. The van der Waals surface area contributed by atoms with Crippen molar-refractivity contribution in [1.29, 1.82) is 0 Å². The third kappa shape index (κ3) is 0.413. The summed E-state index contributed by atoms with van der Waals surface area (Å²) in [6, 6.07) is 0. The minimum atomic E-state index is -0.215. The Kier molecular flexibility index (Phi) is 0.819. The van der Waals surface area contributed by atoms with Crippen molar-refractivity contribution in [3.8, 4) is 0 Å². The van der Waals surface area contributed by atoms with Gasteiger partial charge in [-0.25, -0.2) is 0 Å². The standard InChI is InChI=1S/C12H14O3/c13-11-7-3-4-6(7)10-8(11)5(3)9(4)12(10)14-1-2-15-12/h3-11,13H,1-2H2/t3-,4-,5-,6+,7-,8-,9+,10+,11+/m1/s1. The van der Waals surface area contributed by atoms with E-state index in [1.807, 2.05) is 0 Å². The highest BCUT2D eigenvalue weighted by atomic mass is 16.7. The lowest BCUT2D eigenvalue weighted by Crippen LogP contribution is -2.61. The Bertz CT molecular complexity index is 386. The fraction of sp³-hybridized carbons (Fsp3) is 1.00. The van der Waals surface area contributed by atoms with Crippen LogP contribution in [0.3, 0.4) is 0 Å². The minimum absolute atomic E-state index is 0.0107. The fourth-order valence-electron chi connectivity index (χ4n) is 6.97. The Hall–Kier alpha value is -0.120. The maximum absolute atomic E-state index is 10.3. The van der Waals surface area contributed by atoms with Gasteiger partial charge in [0.25, 0.3) is 0 Å². The second-order valence-corrected chi connectivity index (χ2v) is 6.42. The van der Waals surface area contributed by atoms with Gasteiger partial charge in [-0.2, -0.15) is 0 Å². The van der Waals surface area contributed by atoms with Gasteiger partial charge in [0.2, 0.25) is 0 Å². The van der Waals surface area contributed by atoms with Crippen LogP contribution in [0, 0.1) is 47.3 Å². The zero-order chi connectivity index (χ0) is 9.52. The van der Waals surface area contributed by atoms with Crippen molar-refractivity contribution >= 4 is 0 Å². The quantitative estimate of drug-likeness (QED) is 0.610. The van der Waals surface area contributed by atoms with Crippen LogP contribution < -0.4 is 0 Å². The predicted octanol–water partition coefficient (Wildman–Crippen LogP) is 0.0880. The van der Waals surface area contributed by atoms with Gasteiger partial charge in [-0.05, 0) is 35.5 Å². The molecule has 0 amide bonds. The summed E-state index contributed by atoms with van der Waals surface area (Å²) in [4.78, 5) is 0. The summed E-state index contributed by atoms with van der Waals surface area (Å²) in [5, 5.41) is 10.3. The summed E-state index contributed by atoms with van der Waals surface area (Å²) in [7, 11) is 0. The van der Waals surface area contributed by atoms with Crippen LogP contribution in [0.25, 0.3) is 0 Å². The zero-order valence-corrected chi connectivity index (χ0v) is 8.37. The smallest absolute Gasteiger partial charge is 0.175 e. The van der Waals surface area contributed by atoms with Gasteiger partial charge in [0.1, 0.15) is 0 Å². The van der Waals surface area contributed by atoms with Crippen molar-refractivity contribution in [3.63, 3.8) is 0 Å². The summed E-state index contributed by atoms with van der Waals surface area (Å²) < 4.78 is 12.0. The first kappa shape index (κ1) is 7.25. The van der Waals surface area contributed by atoms with Crippen LogP contribution in [0.2, 0.25) is 0 Å². The monoisotopic (exact) mass is 206 g/mol. The summed E-state index contributed by atoms with van der Waals surface area (Å²) in [5.74, 6) is 5.46. The molecule has 1 aliphatic heterocycles. The lowest BCUT2D eigenvalue weighted by atomic mass is 9.41. The molecule has 1 heterocycles. The number of rotatable bonds is 0. The fourth-order valence-corrected chi connectivity index (χ4v) is 6.97. The van der Waals surface area contributed by atoms with Crippen LogP contribution in [-0.2, 0) is 9.47 Å². The average Bonchev–Trinajstić information content (AvgIpc) is 2.87. The maximum Gasteiger partial charge on any atom is 0.175 e. The molecular weight excluding hydrogens is 192 g/mol. The molecule has 7 rings (SSSR count). The molecule has 3 nitrogen and oxygen atoms in total. The molecular formula is C12H14O3. The van der Waals surface area contributed by atoms with E-state index in [1.165, 1.54) is 0 Å². The molecule has 0 aromatic rings. The number of ether oxygens (including phenoxy) is 2. The van der Waals surface area contributed by atoms with Gasteiger partial charge in [-0.1, -0.05) is 0 Å². The normalized spacial score (nSPS) is 77.8. The SMILES string of the molecule is O[C@H]1[C@@H]2[C@@H]3[C@@H]4[C@@H]2[C@H]2[C@H]1[C@@H]3[C@H]4C21OCCO1. The van der Waals surface area contributed by atoms with Crippen molar-refractivity contribution in [2.75, 3.05) is 13.2 Å². The lowest BCUT2D eigenvalue weighted by molar-refractivity contribution is -0.229. The Morgan fingerprint density at radius 3 is 2.07 bits per heavy atom. The van der Waals surface area contributed by atoms with Crippen molar-refractivity contribution in [3.05, 3.63) is 0 Å². The summed E-state index contributed by atoms with van der Waals surface area (Å²) in [6.07, 6.45) is -0.0107. The van der Waals surface area contributed by atoms with Crippen LogP contribution in [0.4, 0.5) is 0 Å². The van der Waals surface area contributed by atoms with Gasteiger partial charge >= 0.3 is 0 Å². The Morgan fingerprint density at radius 1 is 0.800 bits per heavy atom. The van der Waals surface area contributed by atoms with Crippen molar-refractivity contribution in [1.82, 2.24) is 0 Å². The van der Waals surface area contributed by atoms with E-state index < -0.39 is 0 Å². The van der Waals surface area contributed by atoms with E-state index in [0.29, 0.717) is 23.7 Å². The van der Waals surface area contributed by atoms with Gasteiger partial charge in [0.15, 0.2) is 5.79 Å². The molecule has 1 saturated heterocycles. The highest BCUT2D eigenvalue weighted by molar-refractivity contribution is 5.39. The summed E-state index contributed by atoms with van der Waals surface area (Å²) in [6.45, 7) is 1.55. The molecule has 9 atom stereocenters. The lowest BCUT2D eigenvalue weighted by Gasteiger charge is -2.62. The van der Waals surface area contributed by atoms with Crippen LogP contribution >= 0.6 is 0 Å². The molecule has 4 bridgehead atoms. The number of aliphatic hydroxyl groups is 1. The summed E-state index contributed by atoms with van der Waals surface area (Å²) >= 11 is 0. The highest BCUT2D eigenvalue weighted by Crippen LogP contribution is 2.91. The van der Waals surface area contributed by atoms with Gasteiger partial charge in [0, 0.05) is 11.8 Å². The van der Waals surface area contributed by atoms with E-state index in [2.05, 4.69) is 0 Å². The molecule has 80 valence electrons. The maximum atomic E-state index is 10.3. The third-order valence-corrected chi connectivity index (χ3v) is 6.78. The molecule has 6 saturated carbocycles. The molecule has 0 radical (unpaired) electrons. The van der Waals surface area contributed by atoms with E-state index in [4.69, 9.17) is 9.47 Å². The average molecular weight is 206 g/mol. The van der Waals surface area contributed by atoms with Crippen molar-refractivity contribution in [2.24, 2.45) is 47.3 Å². The highest BCUT2D eigenvalue weighted by Gasteiger charge is 2.94. The Balaban J connectivity index is 1.63. The number of hydrogen-bond donors (Lipinski definition) is 1. The van der Waals surface area contributed by atoms with Crippen LogP contribution in [-0.4, -0.2) is 30.2 Å². The molecule has 7 aliphatic rings. The molecule has 0 unspecified atom stereocenters. The first-order chi connectivity index (χ1) is 7.36. The van der Waals surface area contributed by atoms with E-state index in [0.717, 1.165) is 36.9 Å². The molecule has 1 N–H and O–H groups in total. The second-order valence-electron chi connectivity index (χ2n) is 6.42. The third-order valence-electron chi connectivity index (χ3n) is 6.78. The molecule has 15 heavy (non-hydrogen) atoms. The minimum Gasteiger partial charge on any atom is -0.393 e. The van der Waals surface area contributed by atoms with E-state index in [-0.39, 0.29) is 11.9 Å². The van der Waals surface area contributed by atoms with E-state index in [1.54, 1.807) is 0 Å².